The molecular formula is C19H20N2O2S. The van der Waals surface area contributed by atoms with Gasteiger partial charge in [0.1, 0.15) is 0 Å². The van der Waals surface area contributed by atoms with E-state index < -0.39 is 10.0 Å². The van der Waals surface area contributed by atoms with Crippen LogP contribution in [0.2, 0.25) is 0 Å². The Morgan fingerprint density at radius 1 is 1.00 bits per heavy atom. The summed E-state index contributed by atoms with van der Waals surface area (Å²) >= 11 is 0. The molecule has 4 rings (SSSR count). The number of nitrogens with one attached hydrogen (secondary N) is 1. The van der Waals surface area contributed by atoms with Crippen LogP contribution in [0.5, 0.6) is 0 Å². The molecule has 2 heterocycles. The Morgan fingerprint density at radius 2 is 1.75 bits per heavy atom. The Bertz CT molecular complexity index is 961. The van der Waals surface area contributed by atoms with Gasteiger partial charge < -0.3 is 4.98 Å². The fraction of sp³-hybridized carbons (Fsp3) is 0.263. The summed E-state index contributed by atoms with van der Waals surface area (Å²) in [5.41, 5.74) is 4.45. The van der Waals surface area contributed by atoms with Crippen molar-refractivity contribution in [1.82, 2.24) is 9.29 Å². The molecule has 0 fully saturated rings. The second-order valence-electron chi connectivity index (χ2n) is 6.26. The number of aromatic amines is 1. The van der Waals surface area contributed by atoms with Crippen LogP contribution in [0.25, 0.3) is 10.9 Å². The monoisotopic (exact) mass is 340 g/mol. The maximum atomic E-state index is 12.7. The van der Waals surface area contributed by atoms with Crippen molar-refractivity contribution in [2.45, 2.75) is 19.4 Å². The molecule has 1 N–H and O–H groups in total. The predicted molar refractivity (Wildman–Crippen MR) is 96.3 cm³/mol. The maximum absolute atomic E-state index is 12.7. The maximum Gasteiger partial charge on any atom is 0.214 e. The molecule has 1 aliphatic rings. The van der Waals surface area contributed by atoms with E-state index in [0.717, 1.165) is 28.5 Å². The normalized spacial score (nSPS) is 15.5. The summed E-state index contributed by atoms with van der Waals surface area (Å²) in [6.07, 6.45) is 1.30. The van der Waals surface area contributed by atoms with E-state index in [1.807, 2.05) is 48.5 Å². The lowest BCUT2D eigenvalue weighted by Gasteiger charge is -2.26. The molecule has 5 heteroatoms. The predicted octanol–water partition coefficient (Wildman–Crippen LogP) is 3.10. The molecule has 1 aromatic heterocycles. The van der Waals surface area contributed by atoms with Gasteiger partial charge in [-0.1, -0.05) is 48.5 Å². The number of aryl methyl sites for hydroxylation is 1. The molecule has 0 radical (unpaired) electrons. The number of rotatable bonds is 4. The molecule has 0 bridgehead atoms. The highest BCUT2D eigenvalue weighted by Crippen LogP contribution is 2.28. The first-order valence-corrected chi connectivity index (χ1v) is 9.84. The van der Waals surface area contributed by atoms with Crippen LogP contribution < -0.4 is 0 Å². The highest BCUT2D eigenvalue weighted by atomic mass is 32.2. The molecule has 0 saturated heterocycles. The fourth-order valence-corrected chi connectivity index (χ4v) is 4.85. The van der Waals surface area contributed by atoms with E-state index in [2.05, 4.69) is 11.1 Å². The molecule has 0 atom stereocenters. The summed E-state index contributed by atoms with van der Waals surface area (Å²) in [5.74, 6) is 0.161. The molecule has 3 aromatic rings. The average Bonchev–Trinajstić information content (AvgIpc) is 2.99. The van der Waals surface area contributed by atoms with Gasteiger partial charge in [-0.25, -0.2) is 8.42 Å². The van der Waals surface area contributed by atoms with Crippen molar-refractivity contribution in [2.75, 3.05) is 12.3 Å². The minimum absolute atomic E-state index is 0.161. The molecule has 4 nitrogen and oxygen atoms in total. The number of hydrogen-bond donors (Lipinski definition) is 1. The molecule has 0 spiro atoms. The molecule has 1 aliphatic heterocycles. The second-order valence-corrected chi connectivity index (χ2v) is 8.35. The molecular weight excluding hydrogens is 320 g/mol. The number of nitrogens with zero attached hydrogens (tertiary/aromatic N) is 1. The first kappa shape index (κ1) is 15.4. The molecule has 0 unspecified atom stereocenters. The fourth-order valence-electron chi connectivity index (χ4n) is 3.40. The van der Waals surface area contributed by atoms with E-state index in [-0.39, 0.29) is 5.75 Å². The zero-order chi connectivity index (χ0) is 16.6. The second kappa shape index (κ2) is 6.07. The summed E-state index contributed by atoms with van der Waals surface area (Å²) in [6.45, 7) is 1.02. The summed E-state index contributed by atoms with van der Waals surface area (Å²) in [4.78, 5) is 3.42. The Kier molecular flexibility index (Phi) is 3.90. The van der Waals surface area contributed by atoms with Crippen LogP contribution in [0.15, 0.2) is 54.6 Å². The molecule has 0 aliphatic carbocycles. The lowest BCUT2D eigenvalue weighted by Crippen LogP contribution is -2.37. The number of para-hydroxylation sites is 1. The van der Waals surface area contributed by atoms with Gasteiger partial charge in [0.25, 0.3) is 0 Å². The third-order valence-electron chi connectivity index (χ3n) is 4.73. The summed E-state index contributed by atoms with van der Waals surface area (Å²) < 4.78 is 27.1. The van der Waals surface area contributed by atoms with Crippen molar-refractivity contribution in [1.29, 1.82) is 0 Å². The van der Waals surface area contributed by atoms with Crippen molar-refractivity contribution in [3.8, 4) is 0 Å². The Morgan fingerprint density at radius 3 is 2.58 bits per heavy atom. The molecule has 0 saturated carbocycles. The van der Waals surface area contributed by atoms with E-state index in [9.17, 15) is 8.42 Å². The van der Waals surface area contributed by atoms with Gasteiger partial charge in [0.05, 0.1) is 5.75 Å². The lowest BCUT2D eigenvalue weighted by atomic mass is 10.1. The van der Waals surface area contributed by atoms with Crippen molar-refractivity contribution >= 4 is 20.9 Å². The van der Waals surface area contributed by atoms with E-state index >= 15 is 0 Å². The van der Waals surface area contributed by atoms with Crippen LogP contribution in [0.3, 0.4) is 0 Å². The quantitative estimate of drug-likeness (QED) is 0.793. The molecule has 2 aromatic carbocycles. The third kappa shape index (κ3) is 2.85. The number of hydrogen-bond acceptors (Lipinski definition) is 2. The van der Waals surface area contributed by atoms with Crippen LogP contribution in [0, 0.1) is 0 Å². The zero-order valence-corrected chi connectivity index (χ0v) is 14.2. The van der Waals surface area contributed by atoms with E-state index in [1.54, 1.807) is 4.31 Å². The Hall–Kier alpha value is -2.11. The minimum atomic E-state index is -3.25. The first-order chi connectivity index (χ1) is 11.6. The van der Waals surface area contributed by atoms with Crippen LogP contribution in [-0.2, 0) is 29.4 Å². The number of fused-ring (bicyclic) bond motifs is 3. The van der Waals surface area contributed by atoms with Gasteiger partial charge in [0.15, 0.2) is 0 Å². The topological polar surface area (TPSA) is 53.2 Å². The number of sulfonamides is 1. The smallest absolute Gasteiger partial charge is 0.214 e. The van der Waals surface area contributed by atoms with E-state index in [4.69, 9.17) is 0 Å². The number of aromatic nitrogens is 1. The van der Waals surface area contributed by atoms with Gasteiger partial charge in [-0.2, -0.15) is 4.31 Å². The Labute approximate surface area is 142 Å². The Balaban J connectivity index is 1.55. The molecule has 24 heavy (non-hydrogen) atoms. The first-order valence-electron chi connectivity index (χ1n) is 8.24. The standard InChI is InChI=1S/C19H20N2O2S/c22-24(23,13-11-15-6-2-1-3-7-15)21-12-10-19-17(14-21)16-8-4-5-9-18(16)20-19/h1-9,20H,10-14H2. The number of benzene rings is 2. The molecule has 0 amide bonds. The van der Waals surface area contributed by atoms with Crippen LogP contribution in [0.1, 0.15) is 16.8 Å². The molecule has 124 valence electrons. The van der Waals surface area contributed by atoms with Crippen molar-refractivity contribution < 1.29 is 8.42 Å². The summed E-state index contributed by atoms with van der Waals surface area (Å²) in [7, 11) is -3.25. The van der Waals surface area contributed by atoms with Gasteiger partial charge >= 0.3 is 0 Å². The van der Waals surface area contributed by atoms with Crippen molar-refractivity contribution in [3.63, 3.8) is 0 Å². The minimum Gasteiger partial charge on any atom is -0.358 e. The van der Waals surface area contributed by atoms with Gasteiger partial charge in [0, 0.05) is 36.1 Å². The van der Waals surface area contributed by atoms with Crippen LogP contribution >= 0.6 is 0 Å². The van der Waals surface area contributed by atoms with Crippen LogP contribution in [-0.4, -0.2) is 30.0 Å². The SMILES string of the molecule is O=S(=O)(CCc1ccccc1)N1CCc2[nH]c3ccccc3c2C1. The van der Waals surface area contributed by atoms with Crippen molar-refractivity contribution in [2.24, 2.45) is 0 Å². The van der Waals surface area contributed by atoms with E-state index in [0.29, 0.717) is 19.5 Å². The largest absolute Gasteiger partial charge is 0.358 e. The van der Waals surface area contributed by atoms with Gasteiger partial charge in [-0.3, -0.25) is 0 Å². The highest BCUT2D eigenvalue weighted by Gasteiger charge is 2.28. The van der Waals surface area contributed by atoms with Crippen molar-refractivity contribution in [3.05, 3.63) is 71.4 Å². The third-order valence-corrected chi connectivity index (χ3v) is 6.55. The van der Waals surface area contributed by atoms with Crippen LogP contribution in [0.4, 0.5) is 0 Å². The van der Waals surface area contributed by atoms with Gasteiger partial charge in [-0.15, -0.1) is 0 Å². The summed E-state index contributed by atoms with van der Waals surface area (Å²) in [5, 5.41) is 1.13. The number of H-pyrrole nitrogens is 1. The lowest BCUT2D eigenvalue weighted by molar-refractivity contribution is 0.391. The van der Waals surface area contributed by atoms with Gasteiger partial charge in [0.2, 0.25) is 10.0 Å². The highest BCUT2D eigenvalue weighted by molar-refractivity contribution is 7.89. The average molecular weight is 340 g/mol. The van der Waals surface area contributed by atoms with Gasteiger partial charge in [-0.05, 0) is 23.6 Å². The zero-order valence-electron chi connectivity index (χ0n) is 13.4. The summed E-state index contributed by atoms with van der Waals surface area (Å²) in [6, 6.07) is 17.9. The van der Waals surface area contributed by atoms with E-state index in [1.165, 1.54) is 5.69 Å².